The van der Waals surface area contributed by atoms with E-state index in [0.29, 0.717) is 13.0 Å². The molecule has 1 aliphatic carbocycles. The zero-order valence-corrected chi connectivity index (χ0v) is 14.5. The van der Waals surface area contributed by atoms with Crippen LogP contribution in [0.25, 0.3) is 0 Å². The standard InChI is InChI=1S/C19H20BrNO2/c20-17-8-6-14(7-9-17)11-19(22)21-18-3-1-2-16(10-18)13-23-12-15-4-5-15/h1-3,6-10,15H,4-5,11-13H2,(H,21,22). The van der Waals surface area contributed by atoms with Gasteiger partial charge >= 0.3 is 0 Å². The van der Waals surface area contributed by atoms with Gasteiger partial charge in [0.2, 0.25) is 5.91 Å². The highest BCUT2D eigenvalue weighted by Crippen LogP contribution is 2.29. The summed E-state index contributed by atoms with van der Waals surface area (Å²) in [5.41, 5.74) is 2.90. The molecular weight excluding hydrogens is 354 g/mol. The summed E-state index contributed by atoms with van der Waals surface area (Å²) < 4.78 is 6.71. The Morgan fingerprint density at radius 3 is 2.65 bits per heavy atom. The molecule has 2 aromatic rings. The van der Waals surface area contributed by atoms with E-state index in [0.717, 1.165) is 33.8 Å². The van der Waals surface area contributed by atoms with Gasteiger partial charge < -0.3 is 10.1 Å². The fourth-order valence-electron chi connectivity index (χ4n) is 2.36. The van der Waals surface area contributed by atoms with E-state index in [-0.39, 0.29) is 5.91 Å². The maximum Gasteiger partial charge on any atom is 0.228 e. The number of halogens is 1. The van der Waals surface area contributed by atoms with E-state index in [1.54, 1.807) is 0 Å². The Bertz CT molecular complexity index is 665. The van der Waals surface area contributed by atoms with Crippen LogP contribution in [-0.4, -0.2) is 12.5 Å². The minimum Gasteiger partial charge on any atom is -0.376 e. The van der Waals surface area contributed by atoms with Crippen LogP contribution in [0.5, 0.6) is 0 Å². The molecule has 1 amide bonds. The maximum absolute atomic E-state index is 12.1. The summed E-state index contributed by atoms with van der Waals surface area (Å²) in [6, 6.07) is 15.6. The van der Waals surface area contributed by atoms with Crippen molar-refractivity contribution in [2.45, 2.75) is 25.9 Å². The van der Waals surface area contributed by atoms with E-state index in [9.17, 15) is 4.79 Å². The topological polar surface area (TPSA) is 38.3 Å². The minimum absolute atomic E-state index is 0.0108. The molecule has 0 atom stereocenters. The first-order valence-corrected chi connectivity index (χ1v) is 8.69. The van der Waals surface area contributed by atoms with Crippen molar-refractivity contribution in [3.8, 4) is 0 Å². The van der Waals surface area contributed by atoms with E-state index in [1.165, 1.54) is 12.8 Å². The smallest absolute Gasteiger partial charge is 0.228 e. The molecule has 1 saturated carbocycles. The highest BCUT2D eigenvalue weighted by molar-refractivity contribution is 9.10. The van der Waals surface area contributed by atoms with Gasteiger partial charge in [0.25, 0.3) is 0 Å². The highest BCUT2D eigenvalue weighted by Gasteiger charge is 2.21. The molecule has 0 aliphatic heterocycles. The third-order valence-corrected chi connectivity index (χ3v) is 4.34. The molecule has 0 spiro atoms. The summed E-state index contributed by atoms with van der Waals surface area (Å²) in [5.74, 6) is 0.757. The first-order valence-electron chi connectivity index (χ1n) is 7.90. The van der Waals surface area contributed by atoms with E-state index >= 15 is 0 Å². The molecule has 0 radical (unpaired) electrons. The van der Waals surface area contributed by atoms with Crippen molar-refractivity contribution in [1.29, 1.82) is 0 Å². The van der Waals surface area contributed by atoms with Crippen molar-refractivity contribution in [2.24, 2.45) is 5.92 Å². The first kappa shape index (κ1) is 16.2. The van der Waals surface area contributed by atoms with Crippen LogP contribution < -0.4 is 5.32 Å². The van der Waals surface area contributed by atoms with Crippen molar-refractivity contribution in [2.75, 3.05) is 11.9 Å². The second kappa shape index (κ2) is 7.75. The second-order valence-corrected chi connectivity index (χ2v) is 6.93. The molecule has 0 unspecified atom stereocenters. The third kappa shape index (κ3) is 5.48. The number of nitrogens with one attached hydrogen (secondary N) is 1. The molecular formula is C19H20BrNO2. The predicted molar refractivity (Wildman–Crippen MR) is 95.3 cm³/mol. The number of carbonyl (C=O) groups excluding carboxylic acids is 1. The van der Waals surface area contributed by atoms with E-state index in [1.807, 2.05) is 48.5 Å². The quantitative estimate of drug-likeness (QED) is 0.772. The fourth-order valence-corrected chi connectivity index (χ4v) is 2.62. The largest absolute Gasteiger partial charge is 0.376 e. The first-order chi connectivity index (χ1) is 11.2. The molecule has 4 heteroatoms. The maximum atomic E-state index is 12.1. The van der Waals surface area contributed by atoms with Gasteiger partial charge in [0.15, 0.2) is 0 Å². The van der Waals surface area contributed by atoms with Crippen LogP contribution in [0.4, 0.5) is 5.69 Å². The number of hydrogen-bond acceptors (Lipinski definition) is 2. The number of rotatable bonds is 7. The molecule has 23 heavy (non-hydrogen) atoms. The number of hydrogen-bond donors (Lipinski definition) is 1. The lowest BCUT2D eigenvalue weighted by molar-refractivity contribution is -0.115. The average Bonchev–Trinajstić information content (AvgIpc) is 3.34. The summed E-state index contributed by atoms with van der Waals surface area (Å²) in [7, 11) is 0. The normalized spacial score (nSPS) is 13.8. The molecule has 2 aromatic carbocycles. The van der Waals surface area contributed by atoms with Gasteiger partial charge in [-0.25, -0.2) is 0 Å². The number of ether oxygens (including phenoxy) is 1. The van der Waals surface area contributed by atoms with Crippen molar-refractivity contribution >= 4 is 27.5 Å². The second-order valence-electron chi connectivity index (χ2n) is 6.01. The summed E-state index contributed by atoms with van der Waals surface area (Å²) in [6.07, 6.45) is 2.97. The van der Waals surface area contributed by atoms with Gasteiger partial charge in [0, 0.05) is 16.8 Å². The SMILES string of the molecule is O=C(Cc1ccc(Br)cc1)Nc1cccc(COCC2CC2)c1. The Morgan fingerprint density at radius 1 is 1.13 bits per heavy atom. The Balaban J connectivity index is 1.51. The number of carbonyl (C=O) groups is 1. The Kier molecular flexibility index (Phi) is 5.47. The lowest BCUT2D eigenvalue weighted by atomic mass is 10.1. The average molecular weight is 374 g/mol. The van der Waals surface area contributed by atoms with Crippen molar-refractivity contribution in [3.63, 3.8) is 0 Å². The molecule has 3 rings (SSSR count). The van der Waals surface area contributed by atoms with Crippen LogP contribution in [0.15, 0.2) is 53.0 Å². The molecule has 1 N–H and O–H groups in total. The minimum atomic E-state index is -0.0108. The van der Waals surface area contributed by atoms with Gasteiger partial charge in [-0.05, 0) is 54.2 Å². The zero-order valence-electron chi connectivity index (χ0n) is 12.9. The van der Waals surface area contributed by atoms with Gasteiger partial charge in [-0.2, -0.15) is 0 Å². The van der Waals surface area contributed by atoms with E-state index in [4.69, 9.17) is 4.74 Å². The van der Waals surface area contributed by atoms with Crippen LogP contribution in [0, 0.1) is 5.92 Å². The third-order valence-electron chi connectivity index (χ3n) is 3.81. The van der Waals surface area contributed by atoms with E-state index < -0.39 is 0 Å². The molecule has 0 saturated heterocycles. The fraction of sp³-hybridized carbons (Fsp3) is 0.316. The Morgan fingerprint density at radius 2 is 1.91 bits per heavy atom. The Hall–Kier alpha value is -1.65. The van der Waals surface area contributed by atoms with Crippen molar-refractivity contribution in [1.82, 2.24) is 0 Å². The van der Waals surface area contributed by atoms with E-state index in [2.05, 4.69) is 21.2 Å². The summed E-state index contributed by atoms with van der Waals surface area (Å²) in [4.78, 5) is 12.1. The summed E-state index contributed by atoms with van der Waals surface area (Å²) in [6.45, 7) is 1.45. The summed E-state index contributed by atoms with van der Waals surface area (Å²) >= 11 is 3.39. The van der Waals surface area contributed by atoms with Gasteiger partial charge in [0.05, 0.1) is 13.0 Å². The predicted octanol–water partition coefficient (Wildman–Crippen LogP) is 4.56. The van der Waals surface area contributed by atoms with Crippen molar-refractivity contribution < 1.29 is 9.53 Å². The van der Waals surface area contributed by atoms with Gasteiger partial charge in [0.1, 0.15) is 0 Å². The lowest BCUT2D eigenvalue weighted by Gasteiger charge is -2.08. The molecule has 1 fully saturated rings. The van der Waals surface area contributed by atoms with Crippen LogP contribution in [0.3, 0.4) is 0 Å². The van der Waals surface area contributed by atoms with Crippen LogP contribution >= 0.6 is 15.9 Å². The number of amides is 1. The number of benzene rings is 2. The molecule has 120 valence electrons. The van der Waals surface area contributed by atoms with Crippen LogP contribution in [0.2, 0.25) is 0 Å². The number of anilines is 1. The molecule has 0 bridgehead atoms. The van der Waals surface area contributed by atoms with Gasteiger partial charge in [-0.15, -0.1) is 0 Å². The van der Waals surface area contributed by atoms with Crippen molar-refractivity contribution in [3.05, 3.63) is 64.1 Å². The van der Waals surface area contributed by atoms with Crippen LogP contribution in [0.1, 0.15) is 24.0 Å². The van der Waals surface area contributed by atoms with Crippen LogP contribution in [-0.2, 0) is 22.6 Å². The monoisotopic (exact) mass is 373 g/mol. The summed E-state index contributed by atoms with van der Waals surface area (Å²) in [5, 5.41) is 2.95. The highest BCUT2D eigenvalue weighted by atomic mass is 79.9. The Labute approximate surface area is 145 Å². The lowest BCUT2D eigenvalue weighted by Crippen LogP contribution is -2.14. The molecule has 1 aliphatic rings. The molecule has 3 nitrogen and oxygen atoms in total. The molecule has 0 aromatic heterocycles. The zero-order chi connectivity index (χ0) is 16.1. The van der Waals surface area contributed by atoms with Gasteiger partial charge in [-0.1, -0.05) is 40.2 Å². The molecule has 0 heterocycles. The van der Waals surface area contributed by atoms with Gasteiger partial charge in [-0.3, -0.25) is 4.79 Å².